The van der Waals surface area contributed by atoms with Gasteiger partial charge in [0.25, 0.3) is 5.91 Å². The van der Waals surface area contributed by atoms with Crippen molar-refractivity contribution < 1.29 is 9.59 Å². The fraction of sp³-hybridized carbons (Fsp3) is 0.308. The number of hydrazone groups is 1. The van der Waals surface area contributed by atoms with Gasteiger partial charge in [-0.05, 0) is 12.0 Å². The SMILES string of the molecule is CCC1=NNC(=O)C1C(=O)NCc1ccccc1. The quantitative estimate of drug-likeness (QED) is 0.771. The Morgan fingerprint density at radius 3 is 2.78 bits per heavy atom. The van der Waals surface area contributed by atoms with Crippen molar-refractivity contribution in [1.82, 2.24) is 10.7 Å². The molecule has 0 aliphatic carbocycles. The fourth-order valence-electron chi connectivity index (χ4n) is 1.85. The van der Waals surface area contributed by atoms with Gasteiger partial charge < -0.3 is 5.32 Å². The van der Waals surface area contributed by atoms with Crippen LogP contribution in [0.3, 0.4) is 0 Å². The molecule has 1 unspecified atom stereocenters. The van der Waals surface area contributed by atoms with Crippen molar-refractivity contribution in [3.63, 3.8) is 0 Å². The van der Waals surface area contributed by atoms with Crippen LogP contribution in [0.25, 0.3) is 0 Å². The van der Waals surface area contributed by atoms with Crippen molar-refractivity contribution in [2.45, 2.75) is 19.9 Å². The van der Waals surface area contributed by atoms with Crippen LogP contribution in [0.15, 0.2) is 35.4 Å². The Labute approximate surface area is 105 Å². The monoisotopic (exact) mass is 245 g/mol. The zero-order chi connectivity index (χ0) is 13.0. The normalized spacial score (nSPS) is 18.2. The molecule has 18 heavy (non-hydrogen) atoms. The van der Waals surface area contributed by atoms with E-state index in [2.05, 4.69) is 15.8 Å². The summed E-state index contributed by atoms with van der Waals surface area (Å²) in [6, 6.07) is 9.57. The summed E-state index contributed by atoms with van der Waals surface area (Å²) < 4.78 is 0. The molecule has 0 saturated carbocycles. The summed E-state index contributed by atoms with van der Waals surface area (Å²) in [4.78, 5) is 23.5. The van der Waals surface area contributed by atoms with Gasteiger partial charge in [0, 0.05) is 6.54 Å². The molecule has 5 nitrogen and oxygen atoms in total. The minimum Gasteiger partial charge on any atom is -0.351 e. The Bertz CT molecular complexity index is 482. The molecule has 5 heteroatoms. The number of rotatable bonds is 4. The Kier molecular flexibility index (Phi) is 3.72. The highest BCUT2D eigenvalue weighted by Gasteiger charge is 2.34. The van der Waals surface area contributed by atoms with Crippen LogP contribution in [0.5, 0.6) is 0 Å². The molecule has 1 atom stereocenters. The fourth-order valence-corrected chi connectivity index (χ4v) is 1.85. The van der Waals surface area contributed by atoms with Crippen molar-refractivity contribution >= 4 is 17.5 Å². The van der Waals surface area contributed by atoms with Crippen molar-refractivity contribution in [2.24, 2.45) is 11.0 Å². The first kappa shape index (κ1) is 12.3. The van der Waals surface area contributed by atoms with Crippen LogP contribution in [0.2, 0.25) is 0 Å². The molecule has 0 spiro atoms. The smallest absolute Gasteiger partial charge is 0.258 e. The van der Waals surface area contributed by atoms with Gasteiger partial charge in [-0.1, -0.05) is 37.3 Å². The Balaban J connectivity index is 1.96. The van der Waals surface area contributed by atoms with Crippen LogP contribution in [0.1, 0.15) is 18.9 Å². The summed E-state index contributed by atoms with van der Waals surface area (Å²) in [6.07, 6.45) is 0.585. The summed E-state index contributed by atoms with van der Waals surface area (Å²) in [6.45, 7) is 2.29. The lowest BCUT2D eigenvalue weighted by Crippen LogP contribution is -2.39. The molecule has 2 N–H and O–H groups in total. The van der Waals surface area contributed by atoms with Crippen molar-refractivity contribution in [2.75, 3.05) is 0 Å². The molecule has 2 rings (SSSR count). The minimum atomic E-state index is -0.779. The third-order valence-corrected chi connectivity index (χ3v) is 2.84. The number of benzene rings is 1. The lowest BCUT2D eigenvalue weighted by Gasteiger charge is -2.10. The van der Waals surface area contributed by atoms with E-state index in [-0.39, 0.29) is 11.8 Å². The number of nitrogens with zero attached hydrogens (tertiary/aromatic N) is 1. The average Bonchev–Trinajstić information content (AvgIpc) is 2.78. The Hall–Kier alpha value is -2.17. The van der Waals surface area contributed by atoms with Gasteiger partial charge in [0.05, 0.1) is 5.71 Å². The van der Waals surface area contributed by atoms with Gasteiger partial charge in [-0.2, -0.15) is 5.10 Å². The zero-order valence-corrected chi connectivity index (χ0v) is 10.1. The van der Waals surface area contributed by atoms with E-state index < -0.39 is 5.92 Å². The molecule has 2 amide bonds. The van der Waals surface area contributed by atoms with Gasteiger partial charge in [-0.25, -0.2) is 5.43 Å². The van der Waals surface area contributed by atoms with E-state index in [9.17, 15) is 9.59 Å². The van der Waals surface area contributed by atoms with Crippen molar-refractivity contribution in [1.29, 1.82) is 0 Å². The average molecular weight is 245 g/mol. The predicted octanol–water partition coefficient (Wildman–Crippen LogP) is 0.815. The van der Waals surface area contributed by atoms with Gasteiger partial charge in [-0.15, -0.1) is 0 Å². The number of amides is 2. The molecule has 1 aliphatic rings. The molecule has 0 saturated heterocycles. The molecular formula is C13H15N3O2. The van der Waals surface area contributed by atoms with Gasteiger partial charge >= 0.3 is 0 Å². The van der Waals surface area contributed by atoms with E-state index in [1.165, 1.54) is 0 Å². The van der Waals surface area contributed by atoms with Gasteiger partial charge in [0.2, 0.25) is 5.91 Å². The summed E-state index contributed by atoms with van der Waals surface area (Å²) in [7, 11) is 0. The molecule has 0 radical (unpaired) electrons. The van der Waals surface area contributed by atoms with Gasteiger partial charge in [-0.3, -0.25) is 9.59 Å². The highest BCUT2D eigenvalue weighted by Crippen LogP contribution is 2.10. The first-order valence-electron chi connectivity index (χ1n) is 5.90. The van der Waals surface area contributed by atoms with E-state index in [0.29, 0.717) is 18.7 Å². The second-order valence-corrected chi connectivity index (χ2v) is 4.07. The molecule has 1 aromatic rings. The molecule has 94 valence electrons. The Morgan fingerprint density at radius 2 is 2.11 bits per heavy atom. The third-order valence-electron chi connectivity index (χ3n) is 2.84. The van der Waals surface area contributed by atoms with Crippen LogP contribution >= 0.6 is 0 Å². The van der Waals surface area contributed by atoms with Crippen LogP contribution in [-0.4, -0.2) is 17.5 Å². The predicted molar refractivity (Wildman–Crippen MR) is 67.6 cm³/mol. The number of carbonyl (C=O) groups is 2. The molecule has 1 aliphatic heterocycles. The molecule has 0 bridgehead atoms. The van der Waals surface area contributed by atoms with E-state index in [1.807, 2.05) is 37.3 Å². The maximum Gasteiger partial charge on any atom is 0.258 e. The lowest BCUT2D eigenvalue weighted by molar-refractivity contribution is -0.131. The van der Waals surface area contributed by atoms with E-state index in [4.69, 9.17) is 0 Å². The maximum atomic E-state index is 11.9. The number of nitrogens with one attached hydrogen (secondary N) is 2. The largest absolute Gasteiger partial charge is 0.351 e. The summed E-state index contributed by atoms with van der Waals surface area (Å²) in [5.74, 6) is -1.43. The maximum absolute atomic E-state index is 11.9. The second kappa shape index (κ2) is 5.44. The molecule has 1 aromatic carbocycles. The zero-order valence-electron chi connectivity index (χ0n) is 10.1. The van der Waals surface area contributed by atoms with Crippen molar-refractivity contribution in [3.8, 4) is 0 Å². The third kappa shape index (κ3) is 2.56. The van der Waals surface area contributed by atoms with Crippen LogP contribution < -0.4 is 10.7 Å². The van der Waals surface area contributed by atoms with Crippen LogP contribution in [0.4, 0.5) is 0 Å². The molecule has 0 fully saturated rings. The topological polar surface area (TPSA) is 70.6 Å². The highest BCUT2D eigenvalue weighted by molar-refractivity contribution is 6.22. The van der Waals surface area contributed by atoms with Gasteiger partial charge in [0.1, 0.15) is 0 Å². The minimum absolute atomic E-state index is 0.297. The van der Waals surface area contributed by atoms with Gasteiger partial charge in [0.15, 0.2) is 5.92 Å². The van der Waals surface area contributed by atoms with E-state index >= 15 is 0 Å². The van der Waals surface area contributed by atoms with Crippen molar-refractivity contribution in [3.05, 3.63) is 35.9 Å². The van der Waals surface area contributed by atoms with Crippen LogP contribution in [-0.2, 0) is 16.1 Å². The Morgan fingerprint density at radius 1 is 1.39 bits per heavy atom. The number of carbonyl (C=O) groups excluding carboxylic acids is 2. The molecular weight excluding hydrogens is 230 g/mol. The summed E-state index contributed by atoms with van der Waals surface area (Å²) in [5, 5.41) is 6.60. The second-order valence-electron chi connectivity index (χ2n) is 4.07. The summed E-state index contributed by atoms with van der Waals surface area (Å²) >= 11 is 0. The lowest BCUT2D eigenvalue weighted by atomic mass is 10.0. The molecule has 0 aromatic heterocycles. The number of hydrogen-bond donors (Lipinski definition) is 2. The molecule has 1 heterocycles. The van der Waals surface area contributed by atoms with E-state index in [0.717, 1.165) is 5.56 Å². The standard InChI is InChI=1S/C13H15N3O2/c1-2-10-11(13(18)16-15-10)12(17)14-8-9-6-4-3-5-7-9/h3-7,11H,2,8H2,1H3,(H,14,17)(H,16,18). The first-order valence-corrected chi connectivity index (χ1v) is 5.90. The first-order chi connectivity index (χ1) is 8.72. The highest BCUT2D eigenvalue weighted by atomic mass is 16.2. The summed E-state index contributed by atoms with van der Waals surface area (Å²) in [5.41, 5.74) is 3.93. The van der Waals surface area contributed by atoms with E-state index in [1.54, 1.807) is 0 Å². The number of hydrogen-bond acceptors (Lipinski definition) is 3. The van der Waals surface area contributed by atoms with Crippen LogP contribution in [0, 0.1) is 5.92 Å².